The smallest absolute Gasteiger partial charge is 0.310 e. The summed E-state index contributed by atoms with van der Waals surface area (Å²) in [6, 6.07) is 6.93. The van der Waals surface area contributed by atoms with Crippen molar-refractivity contribution in [1.82, 2.24) is 0 Å². The fourth-order valence-corrected chi connectivity index (χ4v) is 5.61. The first-order chi connectivity index (χ1) is 12.0. The van der Waals surface area contributed by atoms with E-state index >= 15 is 0 Å². The Morgan fingerprint density at radius 3 is 2.04 bits per heavy atom. The second-order valence-corrected chi connectivity index (χ2v) is 8.13. The number of hydrogen-bond donors (Lipinski definition) is 0. The summed E-state index contributed by atoms with van der Waals surface area (Å²) in [5.74, 6) is 3.02. The lowest BCUT2D eigenvalue weighted by Gasteiger charge is -2.53. The Bertz CT molecular complexity index is 635. The van der Waals surface area contributed by atoms with Crippen LogP contribution in [0.2, 0.25) is 0 Å². The zero-order valence-corrected chi connectivity index (χ0v) is 14.9. The molecule has 4 heteroatoms. The van der Waals surface area contributed by atoms with E-state index in [2.05, 4.69) is 0 Å². The molecular formula is C21H26O4. The highest BCUT2D eigenvalue weighted by Crippen LogP contribution is 2.56. The summed E-state index contributed by atoms with van der Waals surface area (Å²) in [7, 11) is 1.59. The van der Waals surface area contributed by atoms with Crippen LogP contribution >= 0.6 is 0 Å². The van der Waals surface area contributed by atoms with Crippen molar-refractivity contribution in [1.29, 1.82) is 0 Å². The van der Waals surface area contributed by atoms with Gasteiger partial charge in [0.05, 0.1) is 13.0 Å². The fraction of sp³-hybridized carbons (Fsp3) is 0.619. The van der Waals surface area contributed by atoms with E-state index in [1.807, 2.05) is 0 Å². The molecule has 0 amide bonds. The van der Waals surface area contributed by atoms with Crippen LogP contribution in [0.15, 0.2) is 24.3 Å². The molecule has 0 saturated heterocycles. The van der Waals surface area contributed by atoms with Crippen molar-refractivity contribution in [3.05, 3.63) is 29.8 Å². The molecule has 0 unspecified atom stereocenters. The summed E-state index contributed by atoms with van der Waals surface area (Å²) in [4.78, 5) is 25.3. The number of hydrogen-bond acceptors (Lipinski definition) is 4. The number of Topliss-reactive ketones (excluding diaryl/α,β-unsaturated/α-hetero) is 1. The van der Waals surface area contributed by atoms with Gasteiger partial charge in [0.1, 0.15) is 5.75 Å². The summed E-state index contributed by atoms with van der Waals surface area (Å²) >= 11 is 0. The molecule has 1 aromatic carbocycles. The van der Waals surface area contributed by atoms with E-state index in [1.165, 1.54) is 32.1 Å². The molecule has 0 aliphatic heterocycles. The minimum absolute atomic E-state index is 0.0129. The average Bonchev–Trinajstić information content (AvgIpc) is 2.60. The van der Waals surface area contributed by atoms with Gasteiger partial charge in [-0.15, -0.1) is 0 Å². The summed E-state index contributed by atoms with van der Waals surface area (Å²) < 4.78 is 10.7. The monoisotopic (exact) mass is 342 g/mol. The van der Waals surface area contributed by atoms with E-state index in [9.17, 15) is 9.59 Å². The number of benzene rings is 1. The maximum Gasteiger partial charge on any atom is 0.310 e. The Morgan fingerprint density at radius 1 is 0.960 bits per heavy atom. The molecule has 1 atom stereocenters. The normalized spacial score (nSPS) is 33.8. The van der Waals surface area contributed by atoms with Gasteiger partial charge in [-0.3, -0.25) is 9.59 Å². The molecule has 0 heterocycles. The van der Waals surface area contributed by atoms with Crippen molar-refractivity contribution in [2.24, 2.45) is 29.6 Å². The van der Waals surface area contributed by atoms with Gasteiger partial charge in [0.2, 0.25) is 5.78 Å². The summed E-state index contributed by atoms with van der Waals surface area (Å²) in [6.07, 6.45) is 5.32. The lowest BCUT2D eigenvalue weighted by molar-refractivity contribution is -0.165. The van der Waals surface area contributed by atoms with Crippen LogP contribution in [0.1, 0.15) is 49.4 Å². The maximum absolute atomic E-state index is 12.8. The van der Waals surface area contributed by atoms with Crippen LogP contribution in [0.5, 0.6) is 5.75 Å². The van der Waals surface area contributed by atoms with Crippen LogP contribution in [-0.2, 0) is 9.53 Å². The Labute approximate surface area is 148 Å². The average molecular weight is 342 g/mol. The maximum atomic E-state index is 12.8. The number of carbonyl (C=O) groups excluding carboxylic acids is 2. The van der Waals surface area contributed by atoms with Gasteiger partial charge in [0, 0.05) is 5.56 Å². The van der Waals surface area contributed by atoms with Gasteiger partial charge in [-0.05, 0) is 87.0 Å². The lowest BCUT2D eigenvalue weighted by Crippen LogP contribution is -2.49. The lowest BCUT2D eigenvalue weighted by atomic mass is 9.52. The van der Waals surface area contributed by atoms with E-state index in [1.54, 1.807) is 38.3 Å². The quantitative estimate of drug-likeness (QED) is 0.602. The largest absolute Gasteiger partial charge is 0.497 e. The van der Waals surface area contributed by atoms with Crippen LogP contribution in [0.3, 0.4) is 0 Å². The van der Waals surface area contributed by atoms with Crippen LogP contribution in [0.25, 0.3) is 0 Å². The molecule has 0 spiro atoms. The third-order valence-electron chi connectivity index (χ3n) is 6.54. The van der Waals surface area contributed by atoms with E-state index < -0.39 is 6.10 Å². The molecule has 134 valence electrons. The fourth-order valence-electron chi connectivity index (χ4n) is 5.61. The van der Waals surface area contributed by atoms with Crippen LogP contribution in [-0.4, -0.2) is 25.0 Å². The van der Waals surface area contributed by atoms with Gasteiger partial charge in [-0.2, -0.15) is 0 Å². The van der Waals surface area contributed by atoms with Crippen LogP contribution in [0.4, 0.5) is 0 Å². The second-order valence-electron chi connectivity index (χ2n) is 8.13. The molecule has 4 fully saturated rings. The zero-order valence-electron chi connectivity index (χ0n) is 14.9. The summed E-state index contributed by atoms with van der Waals surface area (Å²) in [6.45, 7) is 1.68. The first-order valence-corrected chi connectivity index (χ1v) is 9.44. The zero-order chi connectivity index (χ0) is 17.6. The van der Waals surface area contributed by atoms with Crippen molar-refractivity contribution in [3.63, 3.8) is 0 Å². The van der Waals surface area contributed by atoms with Crippen LogP contribution in [0, 0.1) is 29.6 Å². The van der Waals surface area contributed by atoms with Gasteiger partial charge in [0.25, 0.3) is 0 Å². The molecular weight excluding hydrogens is 316 g/mol. The number of carbonyl (C=O) groups is 2. The van der Waals surface area contributed by atoms with E-state index in [0.717, 1.165) is 11.8 Å². The number of rotatable bonds is 5. The highest BCUT2D eigenvalue weighted by atomic mass is 16.5. The van der Waals surface area contributed by atoms with Gasteiger partial charge in [0.15, 0.2) is 6.10 Å². The Hall–Kier alpha value is -1.84. The molecule has 4 bridgehead atoms. The third-order valence-corrected chi connectivity index (χ3v) is 6.54. The molecule has 0 radical (unpaired) electrons. The van der Waals surface area contributed by atoms with Crippen molar-refractivity contribution >= 4 is 11.8 Å². The van der Waals surface area contributed by atoms with E-state index in [4.69, 9.17) is 9.47 Å². The highest BCUT2D eigenvalue weighted by Gasteiger charge is 2.51. The van der Waals surface area contributed by atoms with Gasteiger partial charge in [-0.1, -0.05) is 0 Å². The van der Waals surface area contributed by atoms with E-state index in [-0.39, 0.29) is 17.7 Å². The third kappa shape index (κ3) is 3.07. The molecule has 1 aromatic rings. The Kier molecular flexibility index (Phi) is 4.30. The standard InChI is InChI=1S/C21H26O4/c1-12(20(22)15-3-5-18(24-2)6-4-15)25-21(23)19-16-8-13-7-14(10-16)11-17(19)9-13/h3-6,12-14,16-17,19H,7-11H2,1-2H3/t12-,13?,14?,16?,17?,19?/m0/s1. The van der Waals surface area contributed by atoms with E-state index in [0.29, 0.717) is 23.1 Å². The molecule has 0 aromatic heterocycles. The van der Waals surface area contributed by atoms with Gasteiger partial charge >= 0.3 is 5.97 Å². The van der Waals surface area contributed by atoms with Gasteiger partial charge < -0.3 is 9.47 Å². The van der Waals surface area contributed by atoms with Crippen LogP contribution < -0.4 is 4.74 Å². The first-order valence-electron chi connectivity index (χ1n) is 9.44. The molecule has 4 saturated carbocycles. The molecule has 25 heavy (non-hydrogen) atoms. The highest BCUT2D eigenvalue weighted by molar-refractivity contribution is 6.00. The first kappa shape index (κ1) is 16.6. The predicted octanol–water partition coefficient (Wildman–Crippen LogP) is 3.88. The number of ketones is 1. The van der Waals surface area contributed by atoms with Gasteiger partial charge in [-0.25, -0.2) is 0 Å². The summed E-state index contributed by atoms with van der Waals surface area (Å²) in [5, 5.41) is 0. The number of ether oxygens (including phenoxy) is 2. The number of methoxy groups -OCH3 is 1. The molecule has 4 nitrogen and oxygen atoms in total. The molecule has 0 N–H and O–H groups in total. The van der Waals surface area contributed by atoms with Crippen molar-refractivity contribution in [3.8, 4) is 5.75 Å². The second kappa shape index (κ2) is 6.47. The SMILES string of the molecule is COc1ccc(C(=O)[C@H](C)OC(=O)C2C3CC4CC(C3)CC2C4)cc1. The Morgan fingerprint density at radius 2 is 1.52 bits per heavy atom. The molecule has 4 aliphatic carbocycles. The minimum atomic E-state index is -0.738. The number of esters is 1. The minimum Gasteiger partial charge on any atom is -0.497 e. The Balaban J connectivity index is 1.40. The topological polar surface area (TPSA) is 52.6 Å². The van der Waals surface area contributed by atoms with Crippen molar-refractivity contribution in [2.75, 3.05) is 7.11 Å². The molecule has 4 aliphatic rings. The molecule has 5 rings (SSSR count). The van der Waals surface area contributed by atoms with Crippen molar-refractivity contribution in [2.45, 2.75) is 45.1 Å². The summed E-state index contributed by atoms with van der Waals surface area (Å²) in [5.41, 5.74) is 0.547. The predicted molar refractivity (Wildman–Crippen MR) is 93.4 cm³/mol. The van der Waals surface area contributed by atoms with Crippen molar-refractivity contribution < 1.29 is 19.1 Å².